The number of nitrogens with two attached hydrogens (primary N) is 1. The van der Waals surface area contributed by atoms with Crippen LogP contribution in [-0.4, -0.2) is 18.2 Å². The van der Waals surface area contributed by atoms with Gasteiger partial charge in [0.1, 0.15) is 0 Å². The van der Waals surface area contributed by atoms with Crippen LogP contribution < -0.4 is 11.1 Å². The van der Waals surface area contributed by atoms with Crippen molar-refractivity contribution in [3.05, 3.63) is 29.8 Å². The van der Waals surface area contributed by atoms with E-state index in [1.807, 2.05) is 12.1 Å². The number of nitrogens with one attached hydrogen (secondary N) is 1. The predicted octanol–water partition coefficient (Wildman–Crippen LogP) is 1.76. The van der Waals surface area contributed by atoms with Gasteiger partial charge in [0.15, 0.2) is 0 Å². The van der Waals surface area contributed by atoms with Gasteiger partial charge in [-0.1, -0.05) is 19.1 Å². The predicted molar refractivity (Wildman–Crippen MR) is 68.4 cm³/mol. The quantitative estimate of drug-likeness (QED) is 0.562. The molecule has 1 amide bonds. The highest BCUT2D eigenvalue weighted by atomic mass is 32.2. The second-order valence-corrected chi connectivity index (χ2v) is 4.63. The molecule has 0 bridgehead atoms. The molecule has 16 heavy (non-hydrogen) atoms. The molecule has 0 unspecified atom stereocenters. The highest BCUT2D eigenvalue weighted by Gasteiger charge is 1.99. The maximum atomic E-state index is 10.7. The molecule has 88 valence electrons. The highest BCUT2D eigenvalue weighted by Crippen LogP contribution is 2.18. The molecule has 0 spiro atoms. The second-order valence-electron chi connectivity index (χ2n) is 3.58. The smallest absolute Gasteiger partial charge is 0.227 e. The van der Waals surface area contributed by atoms with E-state index in [9.17, 15) is 4.79 Å². The summed E-state index contributed by atoms with van der Waals surface area (Å²) in [5, 5.41) is 3.34. The van der Waals surface area contributed by atoms with Crippen molar-refractivity contribution in [2.24, 2.45) is 5.73 Å². The molecular weight excluding hydrogens is 220 g/mol. The van der Waals surface area contributed by atoms with Gasteiger partial charge in [-0.25, -0.2) is 0 Å². The fourth-order valence-electron chi connectivity index (χ4n) is 1.31. The SMILES string of the molecule is CCCNCc1cccc(SCC(N)=O)c1. The summed E-state index contributed by atoms with van der Waals surface area (Å²) in [5.41, 5.74) is 6.34. The van der Waals surface area contributed by atoms with Crippen molar-refractivity contribution in [1.29, 1.82) is 0 Å². The maximum absolute atomic E-state index is 10.7. The number of hydrogen-bond acceptors (Lipinski definition) is 3. The van der Waals surface area contributed by atoms with Gasteiger partial charge in [0.25, 0.3) is 0 Å². The van der Waals surface area contributed by atoms with Crippen LogP contribution in [0.2, 0.25) is 0 Å². The van der Waals surface area contributed by atoms with Gasteiger partial charge < -0.3 is 11.1 Å². The summed E-state index contributed by atoms with van der Waals surface area (Å²) in [4.78, 5) is 11.7. The van der Waals surface area contributed by atoms with E-state index in [0.29, 0.717) is 5.75 Å². The monoisotopic (exact) mass is 238 g/mol. The maximum Gasteiger partial charge on any atom is 0.227 e. The average Bonchev–Trinajstić information content (AvgIpc) is 2.27. The van der Waals surface area contributed by atoms with Crippen LogP contribution >= 0.6 is 11.8 Å². The van der Waals surface area contributed by atoms with E-state index in [0.717, 1.165) is 24.4 Å². The van der Waals surface area contributed by atoms with Crippen LogP contribution in [0, 0.1) is 0 Å². The Balaban J connectivity index is 2.46. The van der Waals surface area contributed by atoms with Gasteiger partial charge >= 0.3 is 0 Å². The number of primary amides is 1. The topological polar surface area (TPSA) is 55.1 Å². The number of amides is 1. The zero-order valence-corrected chi connectivity index (χ0v) is 10.3. The van der Waals surface area contributed by atoms with Crippen LogP contribution in [0.1, 0.15) is 18.9 Å². The first-order chi connectivity index (χ1) is 7.72. The third-order valence-corrected chi connectivity index (χ3v) is 3.05. The molecule has 0 aliphatic heterocycles. The van der Waals surface area contributed by atoms with Crippen LogP contribution in [0.15, 0.2) is 29.2 Å². The van der Waals surface area contributed by atoms with Gasteiger partial charge in [-0.3, -0.25) is 4.79 Å². The lowest BCUT2D eigenvalue weighted by Gasteiger charge is -2.05. The van der Waals surface area contributed by atoms with E-state index in [4.69, 9.17) is 5.73 Å². The Bertz CT molecular complexity index is 342. The lowest BCUT2D eigenvalue weighted by molar-refractivity contribution is -0.115. The largest absolute Gasteiger partial charge is 0.369 e. The third-order valence-electron chi connectivity index (χ3n) is 2.04. The first kappa shape index (κ1) is 13.1. The van der Waals surface area contributed by atoms with Crippen molar-refractivity contribution in [3.8, 4) is 0 Å². The molecule has 0 saturated carbocycles. The zero-order valence-electron chi connectivity index (χ0n) is 9.53. The summed E-state index contributed by atoms with van der Waals surface area (Å²) in [7, 11) is 0. The number of hydrogen-bond donors (Lipinski definition) is 2. The van der Waals surface area contributed by atoms with Gasteiger partial charge in [0.2, 0.25) is 5.91 Å². The molecule has 3 nitrogen and oxygen atoms in total. The molecule has 0 saturated heterocycles. The van der Waals surface area contributed by atoms with Crippen molar-refractivity contribution < 1.29 is 4.79 Å². The Hall–Kier alpha value is -1.00. The van der Waals surface area contributed by atoms with Crippen LogP contribution in [0.3, 0.4) is 0 Å². The van der Waals surface area contributed by atoms with Crippen LogP contribution in [0.4, 0.5) is 0 Å². The summed E-state index contributed by atoms with van der Waals surface area (Å²) in [6, 6.07) is 8.18. The lowest BCUT2D eigenvalue weighted by atomic mass is 10.2. The van der Waals surface area contributed by atoms with E-state index >= 15 is 0 Å². The minimum absolute atomic E-state index is 0.278. The molecule has 0 aromatic heterocycles. The Morgan fingerprint density at radius 1 is 1.50 bits per heavy atom. The standard InChI is InChI=1S/C12H18N2OS/c1-2-6-14-8-10-4-3-5-11(7-10)16-9-12(13)15/h3-5,7,14H,2,6,8-9H2,1H3,(H2,13,15). The lowest BCUT2D eigenvalue weighted by Crippen LogP contribution is -2.14. The minimum atomic E-state index is -0.278. The number of rotatable bonds is 7. The number of carbonyl (C=O) groups is 1. The molecule has 1 aromatic rings. The number of carbonyl (C=O) groups excluding carboxylic acids is 1. The molecule has 1 aromatic carbocycles. The fourth-order valence-corrected chi connectivity index (χ4v) is 2.03. The van der Waals surface area contributed by atoms with Crippen molar-refractivity contribution in [2.45, 2.75) is 24.8 Å². The van der Waals surface area contributed by atoms with Crippen LogP contribution in [0.25, 0.3) is 0 Å². The molecule has 0 aliphatic rings. The van der Waals surface area contributed by atoms with Crippen molar-refractivity contribution in [2.75, 3.05) is 12.3 Å². The molecule has 0 atom stereocenters. The van der Waals surface area contributed by atoms with E-state index in [-0.39, 0.29) is 5.91 Å². The first-order valence-electron chi connectivity index (χ1n) is 5.43. The Morgan fingerprint density at radius 2 is 2.31 bits per heavy atom. The summed E-state index contributed by atoms with van der Waals surface area (Å²) < 4.78 is 0. The molecule has 0 aliphatic carbocycles. The van der Waals surface area contributed by atoms with Crippen molar-refractivity contribution >= 4 is 17.7 Å². The van der Waals surface area contributed by atoms with Crippen LogP contribution in [0.5, 0.6) is 0 Å². The zero-order chi connectivity index (χ0) is 11.8. The number of benzene rings is 1. The molecule has 4 heteroatoms. The molecule has 0 fully saturated rings. The van der Waals surface area contributed by atoms with Gasteiger partial charge in [-0.2, -0.15) is 0 Å². The van der Waals surface area contributed by atoms with E-state index in [2.05, 4.69) is 24.4 Å². The van der Waals surface area contributed by atoms with E-state index < -0.39 is 0 Å². The van der Waals surface area contributed by atoms with Gasteiger partial charge in [0, 0.05) is 11.4 Å². The highest BCUT2D eigenvalue weighted by molar-refractivity contribution is 8.00. The van der Waals surface area contributed by atoms with E-state index in [1.165, 1.54) is 17.3 Å². The summed E-state index contributed by atoms with van der Waals surface area (Å²) in [5.74, 6) is 0.0609. The summed E-state index contributed by atoms with van der Waals surface area (Å²) in [6.07, 6.45) is 1.14. The Labute approximate surface area is 101 Å². The Morgan fingerprint density at radius 3 is 3.00 bits per heavy atom. The Kier molecular flexibility index (Phi) is 5.96. The van der Waals surface area contributed by atoms with Gasteiger partial charge in [-0.05, 0) is 30.7 Å². The molecule has 0 heterocycles. The average molecular weight is 238 g/mol. The molecule has 3 N–H and O–H groups in total. The van der Waals surface area contributed by atoms with Gasteiger partial charge in [-0.15, -0.1) is 11.8 Å². The molecule has 1 rings (SSSR count). The number of thioether (sulfide) groups is 1. The minimum Gasteiger partial charge on any atom is -0.369 e. The van der Waals surface area contributed by atoms with Gasteiger partial charge in [0.05, 0.1) is 5.75 Å². The first-order valence-corrected chi connectivity index (χ1v) is 6.41. The summed E-state index contributed by atoms with van der Waals surface area (Å²) >= 11 is 1.48. The van der Waals surface area contributed by atoms with Crippen LogP contribution in [-0.2, 0) is 11.3 Å². The third kappa shape index (κ3) is 5.19. The summed E-state index contributed by atoms with van der Waals surface area (Å²) in [6.45, 7) is 4.05. The molecular formula is C12H18N2OS. The van der Waals surface area contributed by atoms with Crippen molar-refractivity contribution in [1.82, 2.24) is 5.32 Å². The normalized spacial score (nSPS) is 10.3. The van der Waals surface area contributed by atoms with E-state index in [1.54, 1.807) is 0 Å². The fraction of sp³-hybridized carbons (Fsp3) is 0.417. The van der Waals surface area contributed by atoms with Crippen molar-refractivity contribution in [3.63, 3.8) is 0 Å². The second kappa shape index (κ2) is 7.30. The molecule has 0 radical (unpaired) electrons.